The molecule has 6 unspecified atom stereocenters. The van der Waals surface area contributed by atoms with Crippen LogP contribution in [0.15, 0.2) is 14.4 Å². The van der Waals surface area contributed by atoms with Crippen molar-refractivity contribution in [1.82, 2.24) is 29.4 Å². The Bertz CT molecular complexity index is 2250. The lowest BCUT2D eigenvalue weighted by atomic mass is 9.94. The molecule has 0 saturated carbocycles. The molecule has 1 aromatic rings. The molecule has 1 aromatic heterocycles. The summed E-state index contributed by atoms with van der Waals surface area (Å²) in [5, 5.41) is 3.70. The van der Waals surface area contributed by atoms with Crippen molar-refractivity contribution >= 4 is 40.7 Å². The molecular weight excluding hydrogens is 1130 g/mol. The van der Waals surface area contributed by atoms with Gasteiger partial charge in [-0.25, -0.2) is 28.8 Å². The highest BCUT2D eigenvalue weighted by Crippen LogP contribution is 2.63. The van der Waals surface area contributed by atoms with Crippen LogP contribution in [0.1, 0.15) is 187 Å². The number of hydroxylamine groups is 6. The van der Waals surface area contributed by atoms with E-state index >= 15 is 0 Å². The number of hydrogen-bond acceptors (Lipinski definition) is 24. The zero-order valence-corrected chi connectivity index (χ0v) is 56.0. The summed E-state index contributed by atoms with van der Waals surface area (Å²) in [5.74, 6) is -8.09. The highest BCUT2D eigenvalue weighted by Gasteiger charge is 2.55. The second-order valence-electron chi connectivity index (χ2n) is 25.0. The summed E-state index contributed by atoms with van der Waals surface area (Å²) in [5.41, 5.74) is -11.8. The number of hydrogen-bond donors (Lipinski definition) is 0. The minimum Gasteiger partial charge on any atom is -0.324 e. The minimum atomic E-state index is -4.10. The third-order valence-electron chi connectivity index (χ3n) is 11.1. The largest absolute Gasteiger partial charge is 0.405 e. The third-order valence-corrected chi connectivity index (χ3v) is 19.6. The number of nitrogens with zero attached hydrogens (tertiary/aromatic N) is 6. The first kappa shape index (κ1) is 76.0. The highest BCUT2D eigenvalue weighted by atomic mass is 31.2. The van der Waals surface area contributed by atoms with Crippen molar-refractivity contribution < 1.29 is 84.2 Å². The summed E-state index contributed by atoms with van der Waals surface area (Å²) in [6, 6.07) is 0. The lowest BCUT2D eigenvalue weighted by molar-refractivity contribution is -0.265. The molecule has 30 heteroatoms. The van der Waals surface area contributed by atoms with E-state index in [1.807, 2.05) is 0 Å². The second-order valence-corrected chi connectivity index (χ2v) is 31.3. The van der Waals surface area contributed by atoms with E-state index < -0.39 is 126 Å². The van der Waals surface area contributed by atoms with Crippen LogP contribution < -0.4 is 31.6 Å². The number of carbonyl (C=O) groups is 3. The fourth-order valence-electron chi connectivity index (χ4n) is 8.09. The first-order chi connectivity index (χ1) is 36.6. The molecule has 0 bridgehead atoms. The Morgan fingerprint density at radius 3 is 0.654 bits per heavy atom. The molecule has 1 rings (SSSR count). The predicted octanol–water partition coefficient (Wildman–Crippen LogP) is 8.21. The second kappa shape index (κ2) is 29.4. The molecule has 27 nitrogen and oxygen atoms in total. The van der Waals surface area contributed by atoms with Crippen molar-refractivity contribution in [3.63, 3.8) is 0 Å². The lowest BCUT2D eigenvalue weighted by Gasteiger charge is -2.47. The molecule has 0 aliphatic rings. The SMILES string of the molecule is CCOP(=O)(OCC)C(N(OC(C)C(=O)On1c(=O)n(OC(=O)C(C)ON(C(C(C)(C)C)P(=O)(OCC)OCC)C(C)(C)C)c(=O)n(OC(=O)C(C)ON(C(C(C)(C)C)P(=O)(OCC)OCC)C(C)(C)C)c1=O)C(C)(C)C)C(C)(C)C. The van der Waals surface area contributed by atoms with Crippen molar-refractivity contribution in [1.29, 1.82) is 0 Å². The normalized spacial score (nSPS) is 16.1. The van der Waals surface area contributed by atoms with Crippen LogP contribution in [-0.4, -0.2) is 139 Å². The monoisotopic (exact) mass is 1220 g/mol. The Morgan fingerprint density at radius 1 is 0.370 bits per heavy atom. The number of aromatic nitrogens is 3. The molecule has 81 heavy (non-hydrogen) atoms. The van der Waals surface area contributed by atoms with E-state index in [-0.39, 0.29) is 53.8 Å². The van der Waals surface area contributed by atoms with Crippen LogP contribution in [0.5, 0.6) is 0 Å². The van der Waals surface area contributed by atoms with Crippen molar-refractivity contribution in [3.8, 4) is 0 Å². The van der Waals surface area contributed by atoms with Crippen LogP contribution in [-0.2, 0) is 69.7 Å². The molecular formula is C51H99N6O21P3. The molecule has 474 valence electrons. The van der Waals surface area contributed by atoms with Crippen LogP contribution in [0.3, 0.4) is 0 Å². The number of rotatable bonds is 30. The number of carbonyl (C=O) groups excluding carboxylic acids is 3. The van der Waals surface area contributed by atoms with E-state index in [9.17, 15) is 42.5 Å². The summed E-state index contributed by atoms with van der Waals surface area (Å²) < 4.78 is 77.2. The maximum absolute atomic E-state index is 14.6. The van der Waals surface area contributed by atoms with E-state index in [0.717, 1.165) is 0 Å². The average molecular weight is 1230 g/mol. The summed E-state index contributed by atoms with van der Waals surface area (Å²) >= 11 is 0. The minimum absolute atomic E-state index is 0.0261. The summed E-state index contributed by atoms with van der Waals surface area (Å²) in [4.78, 5) is 121. The summed E-state index contributed by atoms with van der Waals surface area (Å²) in [6.07, 6.45) is -5.36. The van der Waals surface area contributed by atoms with Gasteiger partial charge in [-0.3, -0.25) is 28.2 Å². The van der Waals surface area contributed by atoms with Crippen LogP contribution in [0.4, 0.5) is 0 Å². The molecule has 0 aliphatic heterocycles. The van der Waals surface area contributed by atoms with Crippen molar-refractivity contribution in [2.75, 3.05) is 39.6 Å². The predicted molar refractivity (Wildman–Crippen MR) is 303 cm³/mol. The molecule has 0 spiro atoms. The fraction of sp³-hybridized carbons (Fsp3) is 0.882. The summed E-state index contributed by atoms with van der Waals surface area (Å²) in [6.45, 7) is 43.9. The quantitative estimate of drug-likeness (QED) is 0.0517. The van der Waals surface area contributed by atoms with E-state index in [2.05, 4.69) is 0 Å². The van der Waals surface area contributed by atoms with Gasteiger partial charge in [-0.15, -0.1) is 0 Å². The zero-order valence-electron chi connectivity index (χ0n) is 53.3. The molecule has 0 fully saturated rings. The van der Waals surface area contributed by atoms with Crippen molar-refractivity contribution in [3.05, 3.63) is 31.5 Å². The maximum atomic E-state index is 14.6. The van der Waals surface area contributed by atoms with E-state index in [1.165, 1.54) is 36.0 Å². The Balaban J connectivity index is 4.36. The average Bonchev–Trinajstić information content (AvgIpc) is 3.27. The third kappa shape index (κ3) is 20.1. The van der Waals surface area contributed by atoms with Gasteiger partial charge in [0.15, 0.2) is 18.3 Å². The zero-order chi connectivity index (χ0) is 63.6. The topological polar surface area (TPSA) is 289 Å². The van der Waals surface area contributed by atoms with Gasteiger partial charge in [0.1, 0.15) is 17.3 Å². The highest BCUT2D eigenvalue weighted by molar-refractivity contribution is 7.55. The standard InChI is InChI=1S/C51H99N6O21P3/c1-28-67-79(64,68-29-2)40(46(10,11)12)55(49(19,20)21)73-34(7)37(58)76-52-43(61)53(77-38(59)35(8)74-56(50(22,23)24)41(47(13,14)15)80(65,69-30-3)70-31-4)45(63)54(44(52)62)78-39(60)36(9)75-57(51(25,26)27)42(48(16,17)18)81(66,71-32-5)72-33-6/h34-36,40-42H,28-33H2,1-27H3. The first-order valence-electron chi connectivity index (χ1n) is 27.3. The molecule has 0 radical (unpaired) electrons. The Labute approximate surface area is 479 Å². The smallest absolute Gasteiger partial charge is 0.324 e. The van der Waals surface area contributed by atoms with Gasteiger partial charge in [0.25, 0.3) is 0 Å². The molecule has 0 saturated heterocycles. The van der Waals surface area contributed by atoms with E-state index in [0.29, 0.717) is 0 Å². The van der Waals surface area contributed by atoms with Crippen LogP contribution >= 0.6 is 22.8 Å². The van der Waals surface area contributed by atoms with E-state index in [1.54, 1.807) is 166 Å². The van der Waals surface area contributed by atoms with Gasteiger partial charge in [-0.1, -0.05) is 76.5 Å². The van der Waals surface area contributed by atoms with Crippen molar-refractivity contribution in [2.45, 2.75) is 239 Å². The molecule has 6 atom stereocenters. The van der Waals surface area contributed by atoms with Gasteiger partial charge in [-0.05, 0) is 141 Å². The molecule has 1 heterocycles. The molecule has 0 aliphatic carbocycles. The molecule has 0 N–H and O–H groups in total. The Morgan fingerprint density at radius 2 is 0.531 bits per heavy atom. The first-order valence-corrected chi connectivity index (χ1v) is 32.1. The molecule has 0 amide bonds. The van der Waals surface area contributed by atoms with Gasteiger partial charge in [0.05, 0.1) is 39.6 Å². The van der Waals surface area contributed by atoms with Gasteiger partial charge in [-0.2, -0.15) is 15.2 Å². The van der Waals surface area contributed by atoms with Gasteiger partial charge >= 0.3 is 57.8 Å². The Hall–Kier alpha value is -2.97. The lowest BCUT2D eigenvalue weighted by Crippen LogP contribution is -2.63. The van der Waals surface area contributed by atoms with Crippen LogP contribution in [0.25, 0.3) is 0 Å². The van der Waals surface area contributed by atoms with Gasteiger partial charge in [0, 0.05) is 16.6 Å². The molecule has 0 aromatic carbocycles. The van der Waals surface area contributed by atoms with Crippen molar-refractivity contribution in [2.24, 2.45) is 16.2 Å². The van der Waals surface area contributed by atoms with Crippen LogP contribution in [0.2, 0.25) is 0 Å². The van der Waals surface area contributed by atoms with Gasteiger partial charge < -0.3 is 41.7 Å². The maximum Gasteiger partial charge on any atom is 0.405 e. The van der Waals surface area contributed by atoms with Crippen LogP contribution in [0, 0.1) is 16.2 Å². The van der Waals surface area contributed by atoms with Gasteiger partial charge in [0.2, 0.25) is 0 Å². The van der Waals surface area contributed by atoms with E-state index in [4.69, 9.17) is 56.2 Å². The fourth-order valence-corrected chi connectivity index (χ4v) is 16.1. The Kier molecular flexibility index (Phi) is 27.6. The summed E-state index contributed by atoms with van der Waals surface area (Å²) in [7, 11) is -12.3.